The van der Waals surface area contributed by atoms with Crippen LogP contribution in [-0.2, 0) is 4.74 Å². The third-order valence-electron chi connectivity index (χ3n) is 3.07. The van der Waals surface area contributed by atoms with Gasteiger partial charge in [0.25, 0.3) is 0 Å². The molecular formula is C16H16N4O2. The SMILES string of the molecule is COCCNc1ncc(-c2ccccn2)c(-c2ccco2)n1. The maximum absolute atomic E-state index is 5.49. The summed E-state index contributed by atoms with van der Waals surface area (Å²) < 4.78 is 10.5. The molecule has 0 saturated heterocycles. The number of ether oxygens (including phenoxy) is 1. The van der Waals surface area contributed by atoms with Crippen molar-refractivity contribution in [1.82, 2.24) is 15.0 Å². The van der Waals surface area contributed by atoms with Gasteiger partial charge in [0, 0.05) is 31.6 Å². The fourth-order valence-corrected chi connectivity index (χ4v) is 2.04. The van der Waals surface area contributed by atoms with Crippen molar-refractivity contribution in [3.8, 4) is 22.7 Å². The van der Waals surface area contributed by atoms with E-state index in [-0.39, 0.29) is 0 Å². The van der Waals surface area contributed by atoms with Gasteiger partial charge in [-0.05, 0) is 24.3 Å². The van der Waals surface area contributed by atoms with Crippen LogP contribution in [0.2, 0.25) is 0 Å². The van der Waals surface area contributed by atoms with E-state index in [0.717, 1.165) is 11.3 Å². The second-order valence-electron chi connectivity index (χ2n) is 4.57. The van der Waals surface area contributed by atoms with E-state index in [2.05, 4.69) is 20.3 Å². The topological polar surface area (TPSA) is 73.1 Å². The molecule has 0 radical (unpaired) electrons. The Kier molecular flexibility index (Phi) is 4.41. The number of rotatable bonds is 6. The van der Waals surface area contributed by atoms with Gasteiger partial charge < -0.3 is 14.5 Å². The van der Waals surface area contributed by atoms with Gasteiger partial charge >= 0.3 is 0 Å². The second kappa shape index (κ2) is 6.82. The highest BCUT2D eigenvalue weighted by molar-refractivity contribution is 5.76. The number of hydrogen-bond donors (Lipinski definition) is 1. The fraction of sp³-hybridized carbons (Fsp3) is 0.188. The van der Waals surface area contributed by atoms with Gasteiger partial charge in [-0.2, -0.15) is 0 Å². The van der Waals surface area contributed by atoms with Gasteiger partial charge in [0.2, 0.25) is 5.95 Å². The first-order valence-corrected chi connectivity index (χ1v) is 6.93. The molecule has 0 unspecified atom stereocenters. The number of anilines is 1. The third-order valence-corrected chi connectivity index (χ3v) is 3.07. The van der Waals surface area contributed by atoms with Crippen LogP contribution in [0.3, 0.4) is 0 Å². The van der Waals surface area contributed by atoms with Crippen LogP contribution >= 0.6 is 0 Å². The Morgan fingerprint density at radius 1 is 1.18 bits per heavy atom. The summed E-state index contributed by atoms with van der Waals surface area (Å²) in [5.74, 6) is 1.21. The van der Waals surface area contributed by atoms with Crippen molar-refractivity contribution < 1.29 is 9.15 Å². The smallest absolute Gasteiger partial charge is 0.223 e. The van der Waals surface area contributed by atoms with Crippen molar-refractivity contribution in [2.45, 2.75) is 0 Å². The lowest BCUT2D eigenvalue weighted by molar-refractivity contribution is 0.210. The average Bonchev–Trinajstić information content (AvgIpc) is 3.10. The Morgan fingerprint density at radius 2 is 2.14 bits per heavy atom. The molecule has 0 bridgehead atoms. The van der Waals surface area contributed by atoms with Crippen molar-refractivity contribution in [2.24, 2.45) is 0 Å². The number of pyridine rings is 1. The molecule has 0 aliphatic carbocycles. The molecule has 0 fully saturated rings. The summed E-state index contributed by atoms with van der Waals surface area (Å²) in [7, 11) is 1.65. The molecule has 3 heterocycles. The summed E-state index contributed by atoms with van der Waals surface area (Å²) in [4.78, 5) is 13.3. The molecule has 0 aliphatic rings. The summed E-state index contributed by atoms with van der Waals surface area (Å²) in [6.45, 7) is 1.22. The van der Waals surface area contributed by atoms with Gasteiger partial charge in [0.05, 0.1) is 18.6 Å². The lowest BCUT2D eigenvalue weighted by Gasteiger charge is -2.09. The maximum Gasteiger partial charge on any atom is 0.223 e. The summed E-state index contributed by atoms with van der Waals surface area (Å²) in [5.41, 5.74) is 2.34. The molecule has 0 aromatic carbocycles. The molecule has 0 spiro atoms. The van der Waals surface area contributed by atoms with Crippen LogP contribution in [0.15, 0.2) is 53.4 Å². The van der Waals surface area contributed by atoms with Gasteiger partial charge in [-0.1, -0.05) is 6.07 Å². The third kappa shape index (κ3) is 3.12. The minimum atomic E-state index is 0.531. The first-order chi connectivity index (χ1) is 10.9. The van der Waals surface area contributed by atoms with Gasteiger partial charge in [-0.25, -0.2) is 9.97 Å². The summed E-state index contributed by atoms with van der Waals surface area (Å²) in [5, 5.41) is 3.12. The molecule has 112 valence electrons. The molecule has 3 rings (SSSR count). The molecule has 0 atom stereocenters. The summed E-state index contributed by atoms with van der Waals surface area (Å²) in [6.07, 6.45) is 5.12. The Bertz CT molecular complexity index is 714. The Labute approximate surface area is 128 Å². The normalized spacial score (nSPS) is 10.6. The standard InChI is InChI=1S/C16H16N4O2/c1-21-10-8-18-16-19-11-12(13-5-2-3-7-17-13)15(20-16)14-6-4-9-22-14/h2-7,9,11H,8,10H2,1H3,(H,18,19,20). The highest BCUT2D eigenvalue weighted by Gasteiger charge is 2.14. The molecule has 6 nitrogen and oxygen atoms in total. The van der Waals surface area contributed by atoms with Crippen molar-refractivity contribution in [3.63, 3.8) is 0 Å². The maximum atomic E-state index is 5.49. The van der Waals surface area contributed by atoms with Crippen LogP contribution < -0.4 is 5.32 Å². The predicted octanol–water partition coefficient (Wildman–Crippen LogP) is 2.86. The van der Waals surface area contributed by atoms with Gasteiger partial charge in [-0.3, -0.25) is 4.98 Å². The lowest BCUT2D eigenvalue weighted by Crippen LogP contribution is -2.10. The fourth-order valence-electron chi connectivity index (χ4n) is 2.04. The molecule has 3 aromatic heterocycles. The first-order valence-electron chi connectivity index (χ1n) is 6.93. The molecular weight excluding hydrogens is 280 g/mol. The van der Waals surface area contributed by atoms with E-state index < -0.39 is 0 Å². The second-order valence-corrected chi connectivity index (χ2v) is 4.57. The van der Waals surface area contributed by atoms with E-state index in [0.29, 0.717) is 30.6 Å². The van der Waals surface area contributed by atoms with E-state index in [1.165, 1.54) is 0 Å². The number of furan rings is 1. The zero-order valence-corrected chi connectivity index (χ0v) is 12.2. The van der Waals surface area contributed by atoms with E-state index in [1.54, 1.807) is 25.8 Å². The molecule has 1 N–H and O–H groups in total. The highest BCUT2D eigenvalue weighted by atomic mass is 16.5. The minimum Gasteiger partial charge on any atom is -0.463 e. The lowest BCUT2D eigenvalue weighted by atomic mass is 10.1. The number of nitrogens with one attached hydrogen (secondary N) is 1. The van der Waals surface area contributed by atoms with Gasteiger partial charge in [0.1, 0.15) is 5.69 Å². The molecule has 0 amide bonds. The largest absolute Gasteiger partial charge is 0.463 e. The summed E-state index contributed by atoms with van der Waals surface area (Å²) in [6, 6.07) is 9.42. The Morgan fingerprint density at radius 3 is 2.86 bits per heavy atom. The van der Waals surface area contributed by atoms with E-state index in [1.807, 2.05) is 30.3 Å². The first kappa shape index (κ1) is 14.2. The quantitative estimate of drug-likeness (QED) is 0.705. The van der Waals surface area contributed by atoms with E-state index in [4.69, 9.17) is 9.15 Å². The minimum absolute atomic E-state index is 0.531. The average molecular weight is 296 g/mol. The number of aromatic nitrogens is 3. The van der Waals surface area contributed by atoms with E-state index >= 15 is 0 Å². The number of nitrogens with zero attached hydrogens (tertiary/aromatic N) is 3. The van der Waals surface area contributed by atoms with Crippen LogP contribution in [-0.4, -0.2) is 35.2 Å². The number of methoxy groups -OCH3 is 1. The van der Waals surface area contributed by atoms with Gasteiger partial charge in [0.15, 0.2) is 5.76 Å². The monoisotopic (exact) mass is 296 g/mol. The molecule has 6 heteroatoms. The molecule has 22 heavy (non-hydrogen) atoms. The van der Waals surface area contributed by atoms with E-state index in [9.17, 15) is 0 Å². The van der Waals surface area contributed by atoms with Crippen LogP contribution in [0.5, 0.6) is 0 Å². The van der Waals surface area contributed by atoms with Crippen LogP contribution in [0, 0.1) is 0 Å². The van der Waals surface area contributed by atoms with Crippen molar-refractivity contribution in [2.75, 3.05) is 25.6 Å². The highest BCUT2D eigenvalue weighted by Crippen LogP contribution is 2.29. The molecule has 0 saturated carbocycles. The van der Waals surface area contributed by atoms with Gasteiger partial charge in [-0.15, -0.1) is 0 Å². The Hall–Kier alpha value is -2.73. The van der Waals surface area contributed by atoms with Crippen molar-refractivity contribution in [1.29, 1.82) is 0 Å². The van der Waals surface area contributed by atoms with Crippen molar-refractivity contribution >= 4 is 5.95 Å². The van der Waals surface area contributed by atoms with Crippen molar-refractivity contribution in [3.05, 3.63) is 49.0 Å². The van der Waals surface area contributed by atoms with Crippen LogP contribution in [0.4, 0.5) is 5.95 Å². The number of hydrogen-bond acceptors (Lipinski definition) is 6. The Balaban J connectivity index is 1.99. The molecule has 3 aromatic rings. The predicted molar refractivity (Wildman–Crippen MR) is 83.3 cm³/mol. The molecule has 0 aliphatic heterocycles. The zero-order chi connectivity index (χ0) is 15.2. The van der Waals surface area contributed by atoms with Crippen LogP contribution in [0.1, 0.15) is 0 Å². The van der Waals surface area contributed by atoms with Crippen LogP contribution in [0.25, 0.3) is 22.7 Å². The summed E-state index contributed by atoms with van der Waals surface area (Å²) >= 11 is 0. The zero-order valence-electron chi connectivity index (χ0n) is 12.2.